The van der Waals surface area contributed by atoms with Crippen LogP contribution in [0.4, 0.5) is 5.69 Å². The number of anilines is 1. The number of aryl methyl sites for hydroxylation is 1. The Morgan fingerprint density at radius 3 is 2.62 bits per heavy atom. The second-order valence-electron chi connectivity index (χ2n) is 4.30. The van der Waals surface area contributed by atoms with Crippen LogP contribution in [0.5, 0.6) is 5.75 Å². The van der Waals surface area contributed by atoms with E-state index in [-0.39, 0.29) is 0 Å². The van der Waals surface area contributed by atoms with Crippen molar-refractivity contribution in [2.45, 2.75) is 10.6 Å². The van der Waals surface area contributed by atoms with Crippen LogP contribution in [0.3, 0.4) is 0 Å². The lowest BCUT2D eigenvalue weighted by Crippen LogP contribution is -2.26. The molecule has 2 aromatic rings. The van der Waals surface area contributed by atoms with Gasteiger partial charge in [-0.1, -0.05) is 12.1 Å². The second-order valence-corrected chi connectivity index (χ2v) is 8.05. The number of ether oxygens (including phenoxy) is 1. The van der Waals surface area contributed by atoms with E-state index in [2.05, 4.69) is 0 Å². The largest absolute Gasteiger partial charge is 0.495 e. The molecular formula is C14H16ClNO3S2. The summed E-state index contributed by atoms with van der Waals surface area (Å²) < 4.78 is 32.1. The van der Waals surface area contributed by atoms with E-state index in [0.717, 1.165) is 4.88 Å². The highest BCUT2D eigenvalue weighted by atomic mass is 35.5. The van der Waals surface area contributed by atoms with E-state index in [4.69, 9.17) is 16.3 Å². The average molecular weight is 346 g/mol. The molecule has 0 saturated heterocycles. The Kier molecular flexibility index (Phi) is 5.13. The Bertz CT molecular complexity index is 713. The topological polar surface area (TPSA) is 46.6 Å². The maximum Gasteiger partial charge on any atom is 0.273 e. The number of halogens is 1. The van der Waals surface area contributed by atoms with Crippen LogP contribution < -0.4 is 9.04 Å². The molecular weight excluding hydrogens is 330 g/mol. The van der Waals surface area contributed by atoms with Crippen LogP contribution in [0.1, 0.15) is 4.88 Å². The zero-order valence-electron chi connectivity index (χ0n) is 11.7. The second kappa shape index (κ2) is 6.68. The molecule has 0 saturated carbocycles. The molecule has 0 aliphatic heterocycles. The number of methoxy groups -OCH3 is 1. The van der Waals surface area contributed by atoms with Gasteiger partial charge in [-0.2, -0.15) is 0 Å². The Morgan fingerprint density at radius 2 is 1.95 bits per heavy atom. The molecule has 0 N–H and O–H groups in total. The molecule has 114 valence electrons. The summed E-state index contributed by atoms with van der Waals surface area (Å²) in [5, 5.41) is 0. The molecule has 0 aliphatic carbocycles. The number of nitrogens with zero attached hydrogens (tertiary/aromatic N) is 1. The first kappa shape index (κ1) is 16.1. The SMILES string of the molecule is COc1ccccc1N(C)S(=O)(=O)c1ccc(CCCl)s1. The van der Waals surface area contributed by atoms with Crippen molar-refractivity contribution in [2.75, 3.05) is 24.3 Å². The molecule has 1 aromatic carbocycles. The lowest BCUT2D eigenvalue weighted by Gasteiger charge is -2.20. The third-order valence-electron chi connectivity index (χ3n) is 3.02. The molecule has 21 heavy (non-hydrogen) atoms. The Morgan fingerprint density at radius 1 is 1.24 bits per heavy atom. The highest BCUT2D eigenvalue weighted by Crippen LogP contribution is 2.33. The van der Waals surface area contributed by atoms with Crippen LogP contribution in [0.25, 0.3) is 0 Å². The molecule has 0 unspecified atom stereocenters. The van der Waals surface area contributed by atoms with Crippen molar-refractivity contribution < 1.29 is 13.2 Å². The van der Waals surface area contributed by atoms with Crippen molar-refractivity contribution in [1.82, 2.24) is 0 Å². The summed E-state index contributed by atoms with van der Waals surface area (Å²) in [5.74, 6) is 0.989. The third kappa shape index (κ3) is 3.33. The van der Waals surface area contributed by atoms with Crippen LogP contribution in [-0.4, -0.2) is 28.5 Å². The Hall–Kier alpha value is -1.24. The fourth-order valence-electron chi connectivity index (χ4n) is 1.88. The van der Waals surface area contributed by atoms with Crippen molar-refractivity contribution in [3.8, 4) is 5.75 Å². The Labute approximate surface area is 134 Å². The summed E-state index contributed by atoms with van der Waals surface area (Å²) in [6.45, 7) is 0. The highest BCUT2D eigenvalue weighted by molar-refractivity contribution is 7.94. The molecule has 0 fully saturated rings. The lowest BCUT2D eigenvalue weighted by molar-refractivity contribution is 0.416. The van der Waals surface area contributed by atoms with Gasteiger partial charge in [-0.25, -0.2) is 8.42 Å². The number of hydrogen-bond acceptors (Lipinski definition) is 4. The van der Waals surface area contributed by atoms with Crippen molar-refractivity contribution in [3.05, 3.63) is 41.3 Å². The van der Waals surface area contributed by atoms with Gasteiger partial charge in [0, 0.05) is 17.8 Å². The molecule has 0 radical (unpaired) electrons. The van der Waals surface area contributed by atoms with Crippen LogP contribution in [0.2, 0.25) is 0 Å². The van der Waals surface area contributed by atoms with Gasteiger partial charge >= 0.3 is 0 Å². The molecule has 0 aliphatic rings. The van der Waals surface area contributed by atoms with Gasteiger partial charge in [-0.05, 0) is 30.7 Å². The quantitative estimate of drug-likeness (QED) is 0.754. The van der Waals surface area contributed by atoms with Gasteiger partial charge in [0.05, 0.1) is 12.8 Å². The summed E-state index contributed by atoms with van der Waals surface area (Å²) in [5.41, 5.74) is 0.507. The predicted molar refractivity (Wildman–Crippen MR) is 87.3 cm³/mol. The molecule has 0 spiro atoms. The van der Waals surface area contributed by atoms with Gasteiger partial charge in [-0.15, -0.1) is 22.9 Å². The molecule has 0 amide bonds. The van der Waals surface area contributed by atoms with Crippen LogP contribution in [-0.2, 0) is 16.4 Å². The summed E-state index contributed by atoms with van der Waals surface area (Å²) in [6, 6.07) is 10.4. The van der Waals surface area contributed by atoms with Gasteiger partial charge < -0.3 is 4.74 Å². The van der Waals surface area contributed by atoms with Gasteiger partial charge in [-0.3, -0.25) is 4.31 Å². The van der Waals surface area contributed by atoms with Crippen molar-refractivity contribution >= 4 is 38.6 Å². The number of thiophene rings is 1. The minimum absolute atomic E-state index is 0.302. The summed E-state index contributed by atoms with van der Waals surface area (Å²) in [7, 11) is -0.555. The molecule has 0 atom stereocenters. The lowest BCUT2D eigenvalue weighted by atomic mass is 10.3. The van der Waals surface area contributed by atoms with E-state index in [1.165, 1.54) is 29.8 Å². The number of para-hydroxylation sites is 2. The molecule has 4 nitrogen and oxygen atoms in total. The van der Waals surface area contributed by atoms with Gasteiger partial charge in [0.15, 0.2) is 0 Å². The molecule has 1 heterocycles. The minimum Gasteiger partial charge on any atom is -0.495 e. The summed E-state index contributed by atoms with van der Waals surface area (Å²) in [6.07, 6.45) is 0.667. The summed E-state index contributed by atoms with van der Waals surface area (Å²) >= 11 is 6.93. The van der Waals surface area contributed by atoms with Crippen molar-refractivity contribution in [3.63, 3.8) is 0 Å². The normalized spacial score (nSPS) is 11.4. The van der Waals surface area contributed by atoms with E-state index in [0.29, 0.717) is 27.9 Å². The summed E-state index contributed by atoms with van der Waals surface area (Å²) in [4.78, 5) is 0.956. The standard InChI is InChI=1S/C14H16ClNO3S2/c1-16(12-5-3-4-6-13(12)19-2)21(17,18)14-8-7-11(20-14)9-10-15/h3-8H,9-10H2,1-2H3. The van der Waals surface area contributed by atoms with Crippen LogP contribution >= 0.6 is 22.9 Å². The van der Waals surface area contributed by atoms with Crippen LogP contribution in [0, 0.1) is 0 Å². The predicted octanol–water partition coefficient (Wildman–Crippen LogP) is 3.36. The van der Waals surface area contributed by atoms with Gasteiger partial charge in [0.1, 0.15) is 9.96 Å². The first-order chi connectivity index (χ1) is 10.0. The van der Waals surface area contributed by atoms with E-state index in [1.807, 2.05) is 0 Å². The first-order valence-electron chi connectivity index (χ1n) is 6.27. The fraction of sp³-hybridized carbons (Fsp3) is 0.286. The number of alkyl halides is 1. The van der Waals surface area contributed by atoms with E-state index >= 15 is 0 Å². The highest BCUT2D eigenvalue weighted by Gasteiger charge is 2.25. The van der Waals surface area contributed by atoms with E-state index in [9.17, 15) is 8.42 Å². The average Bonchev–Trinajstić information content (AvgIpc) is 2.96. The molecule has 1 aromatic heterocycles. The zero-order chi connectivity index (χ0) is 15.5. The molecule has 7 heteroatoms. The van der Waals surface area contributed by atoms with Crippen molar-refractivity contribution in [1.29, 1.82) is 0 Å². The smallest absolute Gasteiger partial charge is 0.273 e. The van der Waals surface area contributed by atoms with Crippen molar-refractivity contribution in [2.24, 2.45) is 0 Å². The number of hydrogen-bond donors (Lipinski definition) is 0. The first-order valence-corrected chi connectivity index (χ1v) is 9.06. The minimum atomic E-state index is -3.59. The van der Waals surface area contributed by atoms with Crippen LogP contribution in [0.15, 0.2) is 40.6 Å². The maximum atomic E-state index is 12.7. The maximum absolute atomic E-state index is 12.7. The molecule has 2 rings (SSSR count). The number of rotatable bonds is 6. The number of sulfonamides is 1. The number of benzene rings is 1. The fourth-order valence-corrected chi connectivity index (χ4v) is 4.93. The third-order valence-corrected chi connectivity index (χ3v) is 6.59. The van der Waals surface area contributed by atoms with Gasteiger partial charge in [0.25, 0.3) is 10.0 Å². The van der Waals surface area contributed by atoms with E-state index in [1.54, 1.807) is 36.4 Å². The molecule has 0 bridgehead atoms. The Balaban J connectivity index is 2.37. The monoisotopic (exact) mass is 345 g/mol. The van der Waals surface area contributed by atoms with E-state index < -0.39 is 10.0 Å². The zero-order valence-corrected chi connectivity index (χ0v) is 14.1. The van der Waals surface area contributed by atoms with Gasteiger partial charge in [0.2, 0.25) is 0 Å².